The maximum Gasteiger partial charge on any atom is 0.284 e. The number of rotatable bonds is 5. The van der Waals surface area contributed by atoms with Crippen LogP contribution in [0.4, 0.5) is 0 Å². The Bertz CT molecular complexity index is 1010. The van der Waals surface area contributed by atoms with Gasteiger partial charge in [-0.25, -0.2) is 8.42 Å². The number of hydrogen-bond donors (Lipinski definition) is 2. The third-order valence-electron chi connectivity index (χ3n) is 4.64. The highest BCUT2D eigenvalue weighted by Gasteiger charge is 2.33. The Morgan fingerprint density at radius 3 is 2.39 bits per heavy atom. The van der Waals surface area contributed by atoms with E-state index in [1.165, 1.54) is 27.4 Å². The van der Waals surface area contributed by atoms with Gasteiger partial charge in [0.25, 0.3) is 21.8 Å². The lowest BCUT2D eigenvalue weighted by Gasteiger charge is -2.33. The highest BCUT2D eigenvalue weighted by Crippen LogP contribution is 2.24. The van der Waals surface area contributed by atoms with Crippen LogP contribution in [0.3, 0.4) is 0 Å². The summed E-state index contributed by atoms with van der Waals surface area (Å²) in [6, 6.07) is 7.27. The number of phenolic OH excluding ortho intramolecular Hbond substituents is 1. The summed E-state index contributed by atoms with van der Waals surface area (Å²) < 4.78 is 31.5. The van der Waals surface area contributed by atoms with Gasteiger partial charge in [0.05, 0.1) is 5.56 Å². The lowest BCUT2D eigenvalue weighted by atomic mass is 10.1. The van der Waals surface area contributed by atoms with Crippen LogP contribution in [0.2, 0.25) is 0 Å². The van der Waals surface area contributed by atoms with Gasteiger partial charge in [0, 0.05) is 26.2 Å². The zero-order valence-electron chi connectivity index (χ0n) is 15.3. The molecule has 0 aliphatic carbocycles. The van der Waals surface area contributed by atoms with E-state index in [2.05, 4.69) is 0 Å². The standard InChI is InChI=1S/C18H21N3O6S/c1-2-12-3-4-14(22)13(11-12)18(24)20-7-9-21(10-8-20)28(25,26)16-6-5-15(27-16)17(19)23/h3-6,11,22H,2,7-10H2,1H3,(H2,19,23). The number of sulfonamides is 1. The Hall–Kier alpha value is -2.85. The van der Waals surface area contributed by atoms with Gasteiger partial charge in [0.2, 0.25) is 5.09 Å². The molecule has 10 heteroatoms. The average molecular weight is 407 g/mol. The Labute approximate surface area is 162 Å². The second-order valence-corrected chi connectivity index (χ2v) is 8.25. The van der Waals surface area contributed by atoms with Crippen molar-refractivity contribution in [1.82, 2.24) is 9.21 Å². The Balaban J connectivity index is 1.71. The van der Waals surface area contributed by atoms with Crippen molar-refractivity contribution < 1.29 is 27.5 Å². The van der Waals surface area contributed by atoms with E-state index >= 15 is 0 Å². The first-order valence-corrected chi connectivity index (χ1v) is 10.2. The Morgan fingerprint density at radius 2 is 1.82 bits per heavy atom. The molecule has 150 valence electrons. The van der Waals surface area contributed by atoms with Gasteiger partial charge in [-0.2, -0.15) is 4.31 Å². The van der Waals surface area contributed by atoms with Crippen LogP contribution >= 0.6 is 0 Å². The molecule has 1 aliphatic rings. The second-order valence-electron chi connectivity index (χ2n) is 6.38. The quantitative estimate of drug-likeness (QED) is 0.753. The first kappa shape index (κ1) is 19.9. The van der Waals surface area contributed by atoms with E-state index in [4.69, 9.17) is 10.2 Å². The predicted molar refractivity (Wildman–Crippen MR) is 99.4 cm³/mol. The molecule has 28 heavy (non-hydrogen) atoms. The molecule has 1 saturated heterocycles. The topological polar surface area (TPSA) is 134 Å². The maximum absolute atomic E-state index is 12.7. The van der Waals surface area contributed by atoms with Crippen molar-refractivity contribution in [3.63, 3.8) is 0 Å². The molecular weight excluding hydrogens is 386 g/mol. The van der Waals surface area contributed by atoms with E-state index in [9.17, 15) is 23.1 Å². The summed E-state index contributed by atoms with van der Waals surface area (Å²) in [6.45, 7) is 2.40. The number of phenols is 1. The molecule has 2 aromatic rings. The number of carbonyl (C=O) groups is 2. The summed E-state index contributed by atoms with van der Waals surface area (Å²) in [6.07, 6.45) is 0.725. The molecule has 0 unspecified atom stereocenters. The molecule has 0 bridgehead atoms. The summed E-state index contributed by atoms with van der Waals surface area (Å²) >= 11 is 0. The van der Waals surface area contributed by atoms with Gasteiger partial charge in [-0.15, -0.1) is 0 Å². The number of aryl methyl sites for hydroxylation is 1. The van der Waals surface area contributed by atoms with E-state index in [1.54, 1.807) is 12.1 Å². The van der Waals surface area contributed by atoms with Crippen molar-refractivity contribution in [2.24, 2.45) is 5.73 Å². The highest BCUT2D eigenvalue weighted by molar-refractivity contribution is 7.89. The largest absolute Gasteiger partial charge is 0.507 e. The molecule has 0 spiro atoms. The van der Waals surface area contributed by atoms with Gasteiger partial charge >= 0.3 is 0 Å². The number of aromatic hydroxyl groups is 1. The van der Waals surface area contributed by atoms with Crippen molar-refractivity contribution in [2.45, 2.75) is 18.4 Å². The number of piperazine rings is 1. The van der Waals surface area contributed by atoms with Gasteiger partial charge in [-0.05, 0) is 36.2 Å². The number of hydrogen-bond acceptors (Lipinski definition) is 6. The van der Waals surface area contributed by atoms with Crippen LogP contribution in [0, 0.1) is 0 Å². The van der Waals surface area contributed by atoms with Gasteiger partial charge < -0.3 is 20.2 Å². The zero-order valence-corrected chi connectivity index (χ0v) is 16.1. The van der Waals surface area contributed by atoms with E-state index in [1.807, 2.05) is 6.92 Å². The van der Waals surface area contributed by atoms with Crippen molar-refractivity contribution in [1.29, 1.82) is 0 Å². The molecule has 2 heterocycles. The van der Waals surface area contributed by atoms with Crippen molar-refractivity contribution in [2.75, 3.05) is 26.2 Å². The molecule has 1 fully saturated rings. The SMILES string of the molecule is CCc1ccc(O)c(C(=O)N2CCN(S(=O)(=O)c3ccc(C(N)=O)o3)CC2)c1. The van der Waals surface area contributed by atoms with E-state index in [0.717, 1.165) is 12.0 Å². The summed E-state index contributed by atoms with van der Waals surface area (Å²) in [4.78, 5) is 25.3. The van der Waals surface area contributed by atoms with E-state index in [0.29, 0.717) is 0 Å². The average Bonchev–Trinajstić information content (AvgIpc) is 3.19. The molecular formula is C18H21N3O6S. The third kappa shape index (κ3) is 3.73. The maximum atomic E-state index is 12.7. The van der Waals surface area contributed by atoms with Crippen LogP contribution < -0.4 is 5.73 Å². The smallest absolute Gasteiger partial charge is 0.284 e. The minimum absolute atomic E-state index is 0.0644. The third-order valence-corrected chi connectivity index (χ3v) is 6.42. The highest BCUT2D eigenvalue weighted by atomic mass is 32.2. The van der Waals surface area contributed by atoms with Crippen LogP contribution in [0.25, 0.3) is 0 Å². The summed E-state index contributed by atoms with van der Waals surface area (Å²) in [5.74, 6) is -1.55. The first-order chi connectivity index (χ1) is 13.2. The van der Waals surface area contributed by atoms with Gasteiger partial charge in [-0.1, -0.05) is 13.0 Å². The molecule has 1 aliphatic heterocycles. The minimum Gasteiger partial charge on any atom is -0.507 e. The Morgan fingerprint density at radius 1 is 1.14 bits per heavy atom. The zero-order chi connectivity index (χ0) is 20.5. The van der Waals surface area contributed by atoms with Crippen molar-refractivity contribution in [3.05, 3.63) is 47.2 Å². The normalized spacial score (nSPS) is 15.5. The predicted octanol–water partition coefficient (Wildman–Crippen LogP) is 0.793. The second kappa shape index (κ2) is 7.64. The summed E-state index contributed by atoms with van der Waals surface area (Å²) in [5, 5.41) is 9.64. The number of nitrogens with zero attached hydrogens (tertiary/aromatic N) is 2. The lowest BCUT2D eigenvalue weighted by molar-refractivity contribution is 0.0693. The summed E-state index contributed by atoms with van der Waals surface area (Å²) in [7, 11) is -3.94. The van der Waals surface area contributed by atoms with Gasteiger partial charge in [0.1, 0.15) is 5.75 Å². The lowest BCUT2D eigenvalue weighted by Crippen LogP contribution is -2.50. The number of amides is 2. The minimum atomic E-state index is -3.94. The van der Waals surface area contributed by atoms with Crippen LogP contribution in [-0.2, 0) is 16.4 Å². The van der Waals surface area contributed by atoms with Crippen LogP contribution in [-0.4, -0.2) is 60.7 Å². The number of primary amides is 1. The van der Waals surface area contributed by atoms with Crippen molar-refractivity contribution in [3.8, 4) is 5.75 Å². The van der Waals surface area contributed by atoms with Crippen molar-refractivity contribution >= 4 is 21.8 Å². The number of nitrogens with two attached hydrogens (primary N) is 1. The molecule has 0 radical (unpaired) electrons. The van der Waals surface area contributed by atoms with Gasteiger partial charge in [-0.3, -0.25) is 9.59 Å². The number of benzene rings is 1. The number of furan rings is 1. The van der Waals surface area contributed by atoms with E-state index in [-0.39, 0.29) is 54.3 Å². The Kier molecular flexibility index (Phi) is 5.43. The van der Waals surface area contributed by atoms with Gasteiger partial charge in [0.15, 0.2) is 5.76 Å². The molecule has 9 nitrogen and oxygen atoms in total. The molecule has 0 atom stereocenters. The fourth-order valence-electron chi connectivity index (χ4n) is 2.99. The monoisotopic (exact) mass is 407 g/mol. The molecule has 0 saturated carbocycles. The molecule has 1 aromatic heterocycles. The number of carbonyl (C=O) groups excluding carboxylic acids is 2. The molecule has 3 N–H and O–H groups in total. The molecule has 2 amide bonds. The van der Waals surface area contributed by atoms with Crippen LogP contribution in [0.15, 0.2) is 39.8 Å². The molecule has 3 rings (SSSR count). The summed E-state index contributed by atoms with van der Waals surface area (Å²) in [5.41, 5.74) is 6.21. The van der Waals surface area contributed by atoms with E-state index < -0.39 is 15.9 Å². The van der Waals surface area contributed by atoms with Crippen LogP contribution in [0.5, 0.6) is 5.75 Å². The van der Waals surface area contributed by atoms with Crippen LogP contribution in [0.1, 0.15) is 33.4 Å². The fourth-order valence-corrected chi connectivity index (χ4v) is 4.33. The fraction of sp³-hybridized carbons (Fsp3) is 0.333. The molecule has 1 aromatic carbocycles. The first-order valence-electron chi connectivity index (χ1n) is 8.75.